The van der Waals surface area contributed by atoms with Crippen molar-refractivity contribution in [2.75, 3.05) is 0 Å². The zero-order chi connectivity index (χ0) is 23.6. The number of carbonyl (C=O) groups is 2. The smallest absolute Gasteiger partial charge is 0.197 e. The van der Waals surface area contributed by atoms with Gasteiger partial charge in [-0.3, -0.25) is 9.59 Å². The van der Waals surface area contributed by atoms with Crippen LogP contribution in [0.5, 0.6) is 0 Å². The molecule has 1 unspecified atom stereocenters. The van der Waals surface area contributed by atoms with Crippen LogP contribution in [0, 0.1) is 11.8 Å². The lowest BCUT2D eigenvalue weighted by molar-refractivity contribution is -0.205. The van der Waals surface area contributed by atoms with E-state index in [0.29, 0.717) is 6.42 Å². The summed E-state index contributed by atoms with van der Waals surface area (Å²) in [5.41, 5.74) is 3.05. The van der Waals surface area contributed by atoms with E-state index in [2.05, 4.69) is 57.5 Å². The molecule has 0 amide bonds. The van der Waals surface area contributed by atoms with E-state index in [0.717, 1.165) is 28.7 Å². The molecule has 1 saturated heterocycles. The van der Waals surface area contributed by atoms with Gasteiger partial charge in [0.2, 0.25) is 0 Å². The normalized spacial score (nSPS) is 36.4. The van der Waals surface area contributed by atoms with Crippen molar-refractivity contribution in [3.05, 3.63) is 70.8 Å². The van der Waals surface area contributed by atoms with Crippen LogP contribution in [0.2, 0.25) is 39.3 Å². The number of ether oxygens (including phenoxy) is 1. The van der Waals surface area contributed by atoms with Crippen LogP contribution in [0.25, 0.3) is 0 Å². The molecule has 1 spiro atoms. The van der Waals surface area contributed by atoms with Crippen molar-refractivity contribution < 1.29 is 18.8 Å². The highest BCUT2D eigenvalue weighted by Gasteiger charge is 2.84. The van der Waals surface area contributed by atoms with Crippen molar-refractivity contribution in [1.29, 1.82) is 0 Å². The second-order valence-electron chi connectivity index (χ2n) is 12.3. The fourth-order valence-corrected chi connectivity index (χ4v) is 11.3. The number of Topliss-reactive ketones (excluding diaryl/α,β-unsaturated/α-hetero) is 2. The van der Waals surface area contributed by atoms with E-state index in [1.54, 1.807) is 0 Å². The van der Waals surface area contributed by atoms with Gasteiger partial charge >= 0.3 is 0 Å². The fraction of sp³-hybridized carbons (Fsp3) is 0.481. The second kappa shape index (κ2) is 6.22. The molecule has 0 radical (unpaired) electrons. The number of hydrogen-bond acceptors (Lipinski definition) is 4. The molecule has 5 atom stereocenters. The molecular formula is C27H32O4Si2. The molecule has 4 nitrogen and oxygen atoms in total. The monoisotopic (exact) mass is 476 g/mol. The molecule has 6 heteroatoms. The Morgan fingerprint density at radius 3 is 2.03 bits per heavy atom. The Morgan fingerprint density at radius 2 is 1.39 bits per heavy atom. The predicted octanol–water partition coefficient (Wildman–Crippen LogP) is 5.08. The molecule has 2 aliphatic carbocycles. The van der Waals surface area contributed by atoms with E-state index in [-0.39, 0.29) is 11.6 Å². The molecule has 1 saturated carbocycles. The van der Waals surface area contributed by atoms with Gasteiger partial charge in [0.1, 0.15) is 5.41 Å². The van der Waals surface area contributed by atoms with Crippen LogP contribution < -0.4 is 0 Å². The highest BCUT2D eigenvalue weighted by molar-refractivity contribution is 6.79. The van der Waals surface area contributed by atoms with Crippen LogP contribution in [0.3, 0.4) is 0 Å². The van der Waals surface area contributed by atoms with Gasteiger partial charge in [-0.2, -0.15) is 0 Å². The van der Waals surface area contributed by atoms with Crippen LogP contribution in [0.4, 0.5) is 0 Å². The zero-order valence-electron chi connectivity index (χ0n) is 20.3. The third-order valence-electron chi connectivity index (χ3n) is 8.42. The first-order chi connectivity index (χ1) is 15.4. The van der Waals surface area contributed by atoms with Crippen LogP contribution in [0.15, 0.2) is 48.5 Å². The van der Waals surface area contributed by atoms with Crippen molar-refractivity contribution in [1.82, 2.24) is 0 Å². The first-order valence-corrected chi connectivity index (χ1v) is 19.0. The van der Waals surface area contributed by atoms with Crippen molar-refractivity contribution in [3.63, 3.8) is 0 Å². The average Bonchev–Trinajstić information content (AvgIpc) is 3.41. The SMILES string of the molecule is C[Si](C)(C)O[C@]12O[C@]([Si](C)(C)C)(c3ccccc31)[C@@H]1C(=O)C3(CCc4ccccc43)C(=O)[C@@H]12. The number of rotatable bonds is 3. The quantitative estimate of drug-likeness (QED) is 0.458. The summed E-state index contributed by atoms with van der Waals surface area (Å²) < 4.78 is 14.0. The minimum atomic E-state index is -2.18. The molecule has 2 aliphatic heterocycles. The van der Waals surface area contributed by atoms with Crippen LogP contribution in [0.1, 0.15) is 28.7 Å². The zero-order valence-corrected chi connectivity index (χ0v) is 22.3. The van der Waals surface area contributed by atoms with E-state index in [9.17, 15) is 9.59 Å². The Bertz CT molecular complexity index is 1230. The standard InChI is InChI=1S/C27H32O4Si2/c1-32(2,3)27-20-14-10-9-13-19(20)26(30-27,31-33(4,5)6)21-22(27)24(29)25(23(21)28)16-15-17-11-7-8-12-18(17)25/h7-14,21-22H,15-16H2,1-6H3/t21-,22+,25?,26-,27+/m1/s1. The molecule has 0 aromatic heterocycles. The topological polar surface area (TPSA) is 52.6 Å². The van der Waals surface area contributed by atoms with Crippen molar-refractivity contribution >= 4 is 28.0 Å². The summed E-state index contributed by atoms with van der Waals surface area (Å²) in [7, 11) is -4.34. The third kappa shape index (κ3) is 2.33. The van der Waals surface area contributed by atoms with Crippen molar-refractivity contribution in [2.24, 2.45) is 11.8 Å². The second-order valence-corrected chi connectivity index (χ2v) is 21.9. The Balaban J connectivity index is 1.67. The molecule has 2 fully saturated rings. The molecule has 2 aromatic rings. The van der Waals surface area contributed by atoms with E-state index < -0.39 is 44.7 Å². The molecule has 2 bridgehead atoms. The molecule has 33 heavy (non-hydrogen) atoms. The Morgan fingerprint density at radius 1 is 0.818 bits per heavy atom. The van der Waals surface area contributed by atoms with Gasteiger partial charge in [0.15, 0.2) is 25.7 Å². The molecule has 4 aliphatic rings. The number of ketones is 2. The molecule has 2 aromatic carbocycles. The van der Waals surface area contributed by atoms with Crippen molar-refractivity contribution in [3.8, 4) is 0 Å². The summed E-state index contributed by atoms with van der Waals surface area (Å²) in [6, 6.07) is 16.3. The minimum Gasteiger partial charge on any atom is -0.387 e. The van der Waals surface area contributed by atoms with Gasteiger partial charge < -0.3 is 9.16 Å². The van der Waals surface area contributed by atoms with Crippen LogP contribution in [-0.2, 0) is 41.6 Å². The highest BCUT2D eigenvalue weighted by Crippen LogP contribution is 2.72. The largest absolute Gasteiger partial charge is 0.387 e. The molecule has 2 heterocycles. The first kappa shape index (κ1) is 21.7. The van der Waals surface area contributed by atoms with Crippen molar-refractivity contribution in [2.45, 2.75) is 68.6 Å². The van der Waals surface area contributed by atoms with E-state index in [4.69, 9.17) is 9.16 Å². The predicted molar refractivity (Wildman–Crippen MR) is 132 cm³/mol. The third-order valence-corrected chi connectivity index (χ3v) is 12.2. The molecule has 0 N–H and O–H groups in total. The Hall–Kier alpha value is -1.87. The van der Waals surface area contributed by atoms with Crippen LogP contribution in [-0.4, -0.2) is 28.0 Å². The lowest BCUT2D eigenvalue weighted by Gasteiger charge is -2.42. The first-order valence-electron chi connectivity index (χ1n) is 12.1. The summed E-state index contributed by atoms with van der Waals surface area (Å²) in [5.74, 6) is -2.16. The van der Waals surface area contributed by atoms with Gasteiger partial charge in [-0.25, -0.2) is 0 Å². The van der Waals surface area contributed by atoms with Gasteiger partial charge in [-0.1, -0.05) is 68.2 Å². The van der Waals surface area contributed by atoms with Gasteiger partial charge in [-0.15, -0.1) is 0 Å². The van der Waals surface area contributed by atoms with Gasteiger partial charge in [0.05, 0.1) is 25.1 Å². The average molecular weight is 477 g/mol. The van der Waals surface area contributed by atoms with E-state index >= 15 is 0 Å². The molecule has 172 valence electrons. The fourth-order valence-electron chi connectivity index (χ4n) is 7.43. The number of carbonyl (C=O) groups excluding carboxylic acids is 2. The number of benzene rings is 2. The lowest BCUT2D eigenvalue weighted by Crippen LogP contribution is -2.56. The van der Waals surface area contributed by atoms with Gasteiger partial charge in [0, 0.05) is 5.56 Å². The molecular weight excluding hydrogens is 444 g/mol. The molecule has 6 rings (SSSR count). The Labute approximate surface area is 197 Å². The number of aryl methyl sites for hydroxylation is 1. The Kier molecular flexibility index (Phi) is 4.08. The van der Waals surface area contributed by atoms with Gasteiger partial charge in [0.25, 0.3) is 0 Å². The van der Waals surface area contributed by atoms with E-state index in [1.165, 1.54) is 0 Å². The number of hydrogen-bond donors (Lipinski definition) is 0. The number of fused-ring (bicyclic) bond motifs is 10. The van der Waals surface area contributed by atoms with Gasteiger partial charge in [-0.05, 0) is 49.2 Å². The maximum Gasteiger partial charge on any atom is 0.197 e. The van der Waals surface area contributed by atoms with E-state index in [1.807, 2.05) is 30.3 Å². The lowest BCUT2D eigenvalue weighted by atomic mass is 9.74. The van der Waals surface area contributed by atoms with Crippen LogP contribution >= 0.6 is 0 Å². The summed E-state index contributed by atoms with van der Waals surface area (Å²) in [6.45, 7) is 13.2. The maximum absolute atomic E-state index is 14.6. The summed E-state index contributed by atoms with van der Waals surface area (Å²) in [5, 5.41) is -0.762. The summed E-state index contributed by atoms with van der Waals surface area (Å²) in [6.07, 6.45) is 1.33. The minimum absolute atomic E-state index is 0.0235. The summed E-state index contributed by atoms with van der Waals surface area (Å²) >= 11 is 0. The highest BCUT2D eigenvalue weighted by atomic mass is 28.4. The maximum atomic E-state index is 14.6. The summed E-state index contributed by atoms with van der Waals surface area (Å²) in [4.78, 5) is 29.2.